The van der Waals surface area contributed by atoms with Crippen LogP contribution in [0.1, 0.15) is 18.4 Å². The minimum atomic E-state index is -3.41. The number of nitrogens with one attached hydrogen (secondary N) is 1. The number of rotatable bonds is 5. The van der Waals surface area contributed by atoms with E-state index in [9.17, 15) is 8.42 Å². The van der Waals surface area contributed by atoms with Crippen LogP contribution in [-0.2, 0) is 16.4 Å². The zero-order valence-corrected chi connectivity index (χ0v) is 14.1. The first-order valence-electron chi connectivity index (χ1n) is 7.96. The summed E-state index contributed by atoms with van der Waals surface area (Å²) in [4.78, 5) is 0. The lowest BCUT2D eigenvalue weighted by Gasteiger charge is -2.35. The maximum absolute atomic E-state index is 13.2. The Balaban J connectivity index is 2.04. The average molecular weight is 330 g/mol. The van der Waals surface area contributed by atoms with Crippen molar-refractivity contribution < 1.29 is 8.42 Å². The molecule has 0 fully saturated rings. The van der Waals surface area contributed by atoms with Crippen molar-refractivity contribution in [2.75, 3.05) is 17.9 Å². The van der Waals surface area contributed by atoms with Gasteiger partial charge >= 0.3 is 0 Å². The molecule has 0 radical (unpaired) electrons. The summed E-state index contributed by atoms with van der Waals surface area (Å²) < 4.78 is 27.9. The van der Waals surface area contributed by atoms with Gasteiger partial charge in [0.1, 0.15) is 0 Å². The highest BCUT2D eigenvalue weighted by Gasteiger charge is 2.38. The first-order chi connectivity index (χ1) is 11.1. The van der Waals surface area contributed by atoms with Gasteiger partial charge in [0.25, 0.3) is 0 Å². The lowest BCUT2D eigenvalue weighted by atomic mass is 10.0. The van der Waals surface area contributed by atoms with Crippen molar-refractivity contribution in [2.24, 2.45) is 0 Å². The zero-order valence-electron chi connectivity index (χ0n) is 13.3. The molecule has 1 aliphatic rings. The highest BCUT2D eigenvalue weighted by Crippen LogP contribution is 2.39. The van der Waals surface area contributed by atoms with Gasteiger partial charge in [-0.05, 0) is 56.6 Å². The van der Waals surface area contributed by atoms with Crippen LogP contribution in [0.4, 0.5) is 11.4 Å². The number of fused-ring (bicyclic) bond motifs is 1. The monoisotopic (exact) mass is 330 g/mol. The first-order valence-corrected chi connectivity index (χ1v) is 9.46. The largest absolute Gasteiger partial charge is 0.320 e. The SMILES string of the molecule is CNCCC[C@H]1Cc2ccccc2N(c2ccccc2)S1(=O)=O. The molecule has 0 spiro atoms. The van der Waals surface area contributed by atoms with Gasteiger partial charge in [0.2, 0.25) is 10.0 Å². The van der Waals surface area contributed by atoms with Crippen molar-refractivity contribution in [1.29, 1.82) is 0 Å². The maximum Gasteiger partial charge on any atom is 0.242 e. The normalized spacial score (nSPS) is 19.3. The highest BCUT2D eigenvalue weighted by atomic mass is 32.2. The fourth-order valence-electron chi connectivity index (χ4n) is 3.13. The summed E-state index contributed by atoms with van der Waals surface area (Å²) in [7, 11) is -1.52. The van der Waals surface area contributed by atoms with Crippen LogP contribution < -0.4 is 9.62 Å². The third kappa shape index (κ3) is 3.12. The van der Waals surface area contributed by atoms with Crippen LogP contribution in [0.2, 0.25) is 0 Å². The second-order valence-electron chi connectivity index (χ2n) is 5.85. The smallest absolute Gasteiger partial charge is 0.242 e. The summed E-state index contributed by atoms with van der Waals surface area (Å²) in [6.45, 7) is 0.832. The number of nitrogens with zero attached hydrogens (tertiary/aromatic N) is 1. The van der Waals surface area contributed by atoms with Crippen LogP contribution in [0.25, 0.3) is 0 Å². The highest BCUT2D eigenvalue weighted by molar-refractivity contribution is 7.93. The Morgan fingerprint density at radius 3 is 2.52 bits per heavy atom. The lowest BCUT2D eigenvalue weighted by molar-refractivity contribution is 0.554. The molecule has 0 aromatic heterocycles. The molecule has 0 aliphatic carbocycles. The molecule has 122 valence electrons. The van der Waals surface area contributed by atoms with Crippen LogP contribution in [0, 0.1) is 0 Å². The third-order valence-corrected chi connectivity index (χ3v) is 6.44. The predicted octanol–water partition coefficient (Wildman–Crippen LogP) is 3.08. The van der Waals surface area contributed by atoms with Crippen molar-refractivity contribution in [2.45, 2.75) is 24.5 Å². The van der Waals surface area contributed by atoms with Gasteiger partial charge < -0.3 is 5.32 Å². The van der Waals surface area contributed by atoms with Crippen molar-refractivity contribution in [3.05, 3.63) is 60.2 Å². The number of anilines is 2. The molecule has 0 amide bonds. The van der Waals surface area contributed by atoms with Crippen LogP contribution in [0.3, 0.4) is 0 Å². The van der Waals surface area contributed by atoms with Gasteiger partial charge in [0, 0.05) is 0 Å². The molecule has 0 bridgehead atoms. The fraction of sp³-hybridized carbons (Fsp3) is 0.333. The molecule has 0 saturated carbocycles. The van der Waals surface area contributed by atoms with E-state index < -0.39 is 10.0 Å². The van der Waals surface area contributed by atoms with Crippen molar-refractivity contribution in [1.82, 2.24) is 5.32 Å². The molecule has 1 aliphatic heterocycles. The van der Waals surface area contributed by atoms with Crippen molar-refractivity contribution >= 4 is 21.4 Å². The Bertz CT molecular complexity index is 760. The molecule has 0 unspecified atom stereocenters. The van der Waals surface area contributed by atoms with Gasteiger partial charge in [-0.3, -0.25) is 0 Å². The van der Waals surface area contributed by atoms with Crippen LogP contribution in [0.15, 0.2) is 54.6 Å². The molecule has 1 atom stereocenters. The number of hydrogen-bond acceptors (Lipinski definition) is 3. The summed E-state index contributed by atoms with van der Waals surface area (Å²) >= 11 is 0. The van der Waals surface area contributed by atoms with Gasteiger partial charge in [-0.25, -0.2) is 12.7 Å². The molecular formula is C18H22N2O2S. The zero-order chi connectivity index (χ0) is 16.3. The molecular weight excluding hydrogens is 308 g/mol. The number of hydrogen-bond donors (Lipinski definition) is 1. The van der Waals surface area contributed by atoms with Gasteiger partial charge in [0.15, 0.2) is 0 Å². The molecule has 5 heteroatoms. The summed E-state index contributed by atoms with van der Waals surface area (Å²) in [5.41, 5.74) is 2.59. The van der Waals surface area contributed by atoms with E-state index in [4.69, 9.17) is 0 Å². The van der Waals surface area contributed by atoms with Crippen LogP contribution >= 0.6 is 0 Å². The second-order valence-corrected chi connectivity index (χ2v) is 7.91. The minimum absolute atomic E-state index is 0.369. The Kier molecular flexibility index (Phi) is 4.68. The summed E-state index contributed by atoms with van der Waals surface area (Å²) in [6, 6.07) is 17.1. The molecule has 23 heavy (non-hydrogen) atoms. The van der Waals surface area contributed by atoms with Gasteiger partial charge in [0.05, 0.1) is 16.6 Å². The standard InChI is InChI=1S/C18H22N2O2S/c1-19-13-7-11-17-14-15-8-5-6-12-18(15)20(23(17,21)22)16-9-3-2-4-10-16/h2-6,8-10,12,17,19H,7,11,13-14H2,1H3/t17-/m0/s1. The molecule has 3 rings (SSSR count). The second kappa shape index (κ2) is 6.72. The Labute approximate surface area is 138 Å². The molecule has 0 saturated heterocycles. The summed E-state index contributed by atoms with van der Waals surface area (Å²) in [5.74, 6) is 0. The Hall–Kier alpha value is -1.85. The Morgan fingerprint density at radius 2 is 1.78 bits per heavy atom. The minimum Gasteiger partial charge on any atom is -0.320 e. The topological polar surface area (TPSA) is 49.4 Å². The number of sulfonamides is 1. The molecule has 1 heterocycles. The van der Waals surface area contributed by atoms with Crippen molar-refractivity contribution in [3.8, 4) is 0 Å². The molecule has 1 N–H and O–H groups in total. The van der Waals surface area contributed by atoms with Gasteiger partial charge in [-0.2, -0.15) is 0 Å². The fourth-order valence-corrected chi connectivity index (χ4v) is 5.15. The average Bonchev–Trinajstić information content (AvgIpc) is 2.56. The molecule has 2 aromatic carbocycles. The first kappa shape index (κ1) is 16.0. The van der Waals surface area contributed by atoms with E-state index in [0.29, 0.717) is 18.5 Å². The summed E-state index contributed by atoms with van der Waals surface area (Å²) in [5, 5.41) is 2.72. The van der Waals surface area contributed by atoms with E-state index in [2.05, 4.69) is 5.32 Å². The van der Waals surface area contributed by atoms with Crippen molar-refractivity contribution in [3.63, 3.8) is 0 Å². The summed E-state index contributed by atoms with van der Waals surface area (Å²) in [6.07, 6.45) is 2.11. The molecule has 2 aromatic rings. The van der Waals surface area contributed by atoms with Crippen LogP contribution in [-0.4, -0.2) is 27.3 Å². The quantitative estimate of drug-likeness (QED) is 0.857. The third-order valence-electron chi connectivity index (χ3n) is 4.28. The Morgan fingerprint density at radius 1 is 1.09 bits per heavy atom. The van der Waals surface area contributed by atoms with E-state index in [1.165, 1.54) is 4.31 Å². The number of para-hydroxylation sites is 2. The molecule has 4 nitrogen and oxygen atoms in total. The maximum atomic E-state index is 13.2. The van der Waals surface area contributed by atoms with E-state index in [0.717, 1.165) is 24.2 Å². The van der Waals surface area contributed by atoms with Gasteiger partial charge in [-0.15, -0.1) is 0 Å². The van der Waals surface area contributed by atoms with E-state index in [-0.39, 0.29) is 5.25 Å². The van der Waals surface area contributed by atoms with E-state index >= 15 is 0 Å². The van der Waals surface area contributed by atoms with Gasteiger partial charge in [-0.1, -0.05) is 36.4 Å². The van der Waals surface area contributed by atoms with Crippen LogP contribution in [0.5, 0.6) is 0 Å². The lowest BCUT2D eigenvalue weighted by Crippen LogP contribution is -2.41. The predicted molar refractivity (Wildman–Crippen MR) is 94.6 cm³/mol. The van der Waals surface area contributed by atoms with E-state index in [1.807, 2.05) is 61.6 Å². The van der Waals surface area contributed by atoms with E-state index in [1.54, 1.807) is 0 Å². The number of benzene rings is 2.